The lowest BCUT2D eigenvalue weighted by molar-refractivity contribution is -0.109. The van der Waals surface area contributed by atoms with Gasteiger partial charge in [0.05, 0.1) is 0 Å². The van der Waals surface area contributed by atoms with Crippen LogP contribution in [0.2, 0.25) is 5.02 Å². The molecule has 1 unspecified atom stereocenters. The summed E-state index contributed by atoms with van der Waals surface area (Å²) < 4.78 is 0.906. The van der Waals surface area contributed by atoms with E-state index in [0.29, 0.717) is 22.7 Å². The molecule has 0 bridgehead atoms. The zero-order chi connectivity index (χ0) is 13.8. The molecule has 0 spiro atoms. The standard InChI is InChI=1S/C14H11BrClNO2/c15-11-3-7-13(8-4-11)17(9-18)14(19)10-1-5-12(16)6-2-10/h1-9,14,19H. The molecule has 0 aliphatic carbocycles. The van der Waals surface area contributed by atoms with Gasteiger partial charge in [-0.25, -0.2) is 0 Å². The van der Waals surface area contributed by atoms with Crippen LogP contribution >= 0.6 is 27.5 Å². The van der Waals surface area contributed by atoms with Crippen LogP contribution in [0.3, 0.4) is 0 Å². The summed E-state index contributed by atoms with van der Waals surface area (Å²) in [6, 6.07) is 13.8. The molecule has 5 heteroatoms. The number of aliphatic hydroxyl groups excluding tert-OH is 1. The third-order valence-electron chi connectivity index (χ3n) is 2.67. The van der Waals surface area contributed by atoms with Crippen molar-refractivity contribution >= 4 is 39.6 Å². The molecule has 0 aliphatic rings. The Labute approximate surface area is 124 Å². The minimum absolute atomic E-state index is 0.581. The van der Waals surface area contributed by atoms with E-state index in [4.69, 9.17) is 11.6 Å². The van der Waals surface area contributed by atoms with Crippen molar-refractivity contribution in [1.29, 1.82) is 0 Å². The average molecular weight is 341 g/mol. The van der Waals surface area contributed by atoms with Gasteiger partial charge in [0.1, 0.15) is 0 Å². The normalized spacial score (nSPS) is 11.9. The molecule has 0 radical (unpaired) electrons. The van der Waals surface area contributed by atoms with E-state index in [0.717, 1.165) is 4.47 Å². The Balaban J connectivity index is 2.28. The lowest BCUT2D eigenvalue weighted by atomic mass is 10.1. The number of rotatable bonds is 4. The fourth-order valence-electron chi connectivity index (χ4n) is 1.67. The molecule has 0 aromatic heterocycles. The first-order chi connectivity index (χ1) is 9.11. The average Bonchev–Trinajstić information content (AvgIpc) is 2.42. The van der Waals surface area contributed by atoms with E-state index in [1.54, 1.807) is 48.5 Å². The molecule has 98 valence electrons. The van der Waals surface area contributed by atoms with E-state index in [9.17, 15) is 9.90 Å². The van der Waals surface area contributed by atoms with E-state index in [1.807, 2.05) is 0 Å². The summed E-state index contributed by atoms with van der Waals surface area (Å²) in [5, 5.41) is 10.8. The maximum Gasteiger partial charge on any atom is 0.216 e. The molecule has 19 heavy (non-hydrogen) atoms. The number of carbonyl (C=O) groups excluding carboxylic acids is 1. The molecule has 1 amide bonds. The first kappa shape index (κ1) is 14.1. The van der Waals surface area contributed by atoms with Gasteiger partial charge in [0.2, 0.25) is 6.41 Å². The second-order valence-corrected chi connectivity index (χ2v) is 5.27. The van der Waals surface area contributed by atoms with Crippen molar-refractivity contribution in [3.8, 4) is 0 Å². The Bertz CT molecular complexity index is 557. The molecular formula is C14H11BrClNO2. The second kappa shape index (κ2) is 6.19. The summed E-state index contributed by atoms with van der Waals surface area (Å²) in [5.41, 5.74) is 1.21. The highest BCUT2D eigenvalue weighted by Gasteiger charge is 2.17. The number of hydrogen-bond acceptors (Lipinski definition) is 2. The van der Waals surface area contributed by atoms with E-state index in [-0.39, 0.29) is 0 Å². The molecule has 2 aromatic carbocycles. The predicted octanol–water partition coefficient (Wildman–Crippen LogP) is 3.76. The minimum Gasteiger partial charge on any atom is -0.369 e. The third-order valence-corrected chi connectivity index (χ3v) is 3.45. The SMILES string of the molecule is O=CN(c1ccc(Br)cc1)C(O)c1ccc(Cl)cc1. The third kappa shape index (κ3) is 3.35. The van der Waals surface area contributed by atoms with Crippen LogP contribution in [-0.4, -0.2) is 11.5 Å². The highest BCUT2D eigenvalue weighted by molar-refractivity contribution is 9.10. The predicted molar refractivity (Wildman–Crippen MR) is 79.1 cm³/mol. The molecule has 0 saturated heterocycles. The number of anilines is 1. The van der Waals surface area contributed by atoms with Gasteiger partial charge in [0, 0.05) is 20.7 Å². The molecule has 1 N–H and O–H groups in total. The molecule has 3 nitrogen and oxygen atoms in total. The first-order valence-electron chi connectivity index (χ1n) is 5.54. The quantitative estimate of drug-likeness (QED) is 0.680. The molecule has 0 saturated carbocycles. The van der Waals surface area contributed by atoms with Gasteiger partial charge < -0.3 is 5.11 Å². The zero-order valence-electron chi connectivity index (χ0n) is 9.83. The molecule has 0 aliphatic heterocycles. The fourth-order valence-corrected chi connectivity index (χ4v) is 2.06. The van der Waals surface area contributed by atoms with Gasteiger partial charge in [-0.3, -0.25) is 9.69 Å². The Morgan fingerprint density at radius 3 is 2.21 bits per heavy atom. The molecule has 2 aromatic rings. The summed E-state index contributed by atoms with van der Waals surface area (Å²) >= 11 is 9.12. The van der Waals surface area contributed by atoms with Crippen molar-refractivity contribution in [2.75, 3.05) is 4.90 Å². The lowest BCUT2D eigenvalue weighted by Crippen LogP contribution is -2.26. The summed E-state index contributed by atoms with van der Waals surface area (Å²) in [5.74, 6) is 0. The van der Waals surface area contributed by atoms with Crippen molar-refractivity contribution in [3.63, 3.8) is 0 Å². The van der Waals surface area contributed by atoms with Crippen LogP contribution in [0, 0.1) is 0 Å². The lowest BCUT2D eigenvalue weighted by Gasteiger charge is -2.24. The highest BCUT2D eigenvalue weighted by Crippen LogP contribution is 2.26. The number of nitrogens with zero attached hydrogens (tertiary/aromatic N) is 1. The molecule has 2 rings (SSSR count). The van der Waals surface area contributed by atoms with Crippen LogP contribution in [0.25, 0.3) is 0 Å². The number of hydrogen-bond donors (Lipinski definition) is 1. The van der Waals surface area contributed by atoms with Crippen molar-refractivity contribution < 1.29 is 9.90 Å². The van der Waals surface area contributed by atoms with Crippen LogP contribution in [0.5, 0.6) is 0 Å². The van der Waals surface area contributed by atoms with Gasteiger partial charge >= 0.3 is 0 Å². The van der Waals surface area contributed by atoms with Crippen molar-refractivity contribution in [1.82, 2.24) is 0 Å². The molecular weight excluding hydrogens is 330 g/mol. The summed E-state index contributed by atoms with van der Waals surface area (Å²) in [6.07, 6.45) is -0.446. The maximum atomic E-state index is 11.2. The summed E-state index contributed by atoms with van der Waals surface area (Å²) in [7, 11) is 0. The van der Waals surface area contributed by atoms with E-state index < -0.39 is 6.23 Å². The van der Waals surface area contributed by atoms with Crippen LogP contribution in [0.4, 0.5) is 5.69 Å². The highest BCUT2D eigenvalue weighted by atomic mass is 79.9. The zero-order valence-corrected chi connectivity index (χ0v) is 12.2. The fraction of sp³-hybridized carbons (Fsp3) is 0.0714. The number of amides is 1. The van der Waals surface area contributed by atoms with Crippen molar-refractivity contribution in [2.24, 2.45) is 0 Å². The maximum absolute atomic E-state index is 11.2. The van der Waals surface area contributed by atoms with Gasteiger partial charge in [-0.2, -0.15) is 0 Å². The van der Waals surface area contributed by atoms with Gasteiger partial charge in [-0.1, -0.05) is 39.7 Å². The number of halogens is 2. The first-order valence-corrected chi connectivity index (χ1v) is 6.71. The molecule has 1 atom stereocenters. The number of aliphatic hydroxyl groups is 1. The largest absolute Gasteiger partial charge is 0.369 e. The monoisotopic (exact) mass is 339 g/mol. The van der Waals surface area contributed by atoms with E-state index >= 15 is 0 Å². The topological polar surface area (TPSA) is 40.5 Å². The van der Waals surface area contributed by atoms with Gasteiger partial charge in [-0.05, 0) is 36.4 Å². The van der Waals surface area contributed by atoms with Crippen LogP contribution in [0.1, 0.15) is 11.8 Å². The molecule has 0 fully saturated rings. The Morgan fingerprint density at radius 2 is 1.68 bits per heavy atom. The Kier molecular flexibility index (Phi) is 4.58. The summed E-state index contributed by atoms with van der Waals surface area (Å²) in [4.78, 5) is 12.4. The van der Waals surface area contributed by atoms with Gasteiger partial charge in [-0.15, -0.1) is 0 Å². The van der Waals surface area contributed by atoms with Crippen molar-refractivity contribution in [2.45, 2.75) is 6.23 Å². The van der Waals surface area contributed by atoms with Crippen LogP contribution < -0.4 is 4.90 Å². The van der Waals surface area contributed by atoms with E-state index in [2.05, 4.69) is 15.9 Å². The summed E-state index contributed by atoms with van der Waals surface area (Å²) in [6.45, 7) is 0. The van der Waals surface area contributed by atoms with E-state index in [1.165, 1.54) is 4.90 Å². The minimum atomic E-state index is -1.05. The number of carbonyl (C=O) groups is 1. The number of benzene rings is 2. The van der Waals surface area contributed by atoms with Crippen LogP contribution in [-0.2, 0) is 4.79 Å². The van der Waals surface area contributed by atoms with Gasteiger partial charge in [0.15, 0.2) is 6.23 Å². The van der Waals surface area contributed by atoms with Gasteiger partial charge in [0.25, 0.3) is 0 Å². The second-order valence-electron chi connectivity index (χ2n) is 3.91. The molecule has 0 heterocycles. The Morgan fingerprint density at radius 1 is 1.11 bits per heavy atom. The van der Waals surface area contributed by atoms with Crippen LogP contribution in [0.15, 0.2) is 53.0 Å². The smallest absolute Gasteiger partial charge is 0.216 e. The Hall–Kier alpha value is -1.36. The van der Waals surface area contributed by atoms with Crippen molar-refractivity contribution in [3.05, 3.63) is 63.6 Å².